The molecule has 1 saturated heterocycles. The van der Waals surface area contributed by atoms with Crippen LogP contribution in [0.2, 0.25) is 5.02 Å². The van der Waals surface area contributed by atoms with Gasteiger partial charge in [-0.1, -0.05) is 17.7 Å². The van der Waals surface area contributed by atoms with E-state index in [0.717, 1.165) is 9.87 Å². The smallest absolute Gasteiger partial charge is 0.239 e. The number of guanidine groups is 1. The number of halogens is 2. The van der Waals surface area contributed by atoms with Crippen molar-refractivity contribution in [2.24, 2.45) is 7.05 Å². The van der Waals surface area contributed by atoms with E-state index in [1.165, 1.54) is 24.5 Å². The van der Waals surface area contributed by atoms with Crippen LogP contribution in [0.5, 0.6) is 0 Å². The van der Waals surface area contributed by atoms with Gasteiger partial charge in [0.25, 0.3) is 0 Å². The van der Waals surface area contributed by atoms with Gasteiger partial charge in [-0.05, 0) is 30.7 Å². The molecule has 0 aliphatic carbocycles. The number of aromatic nitrogens is 3. The molecule has 1 aliphatic rings. The molecule has 0 bridgehead atoms. The molecule has 176 valence electrons. The second-order valence-electron chi connectivity index (χ2n) is 8.41. The molecule has 0 spiro atoms. The molecule has 0 radical (unpaired) electrons. The van der Waals surface area contributed by atoms with Crippen molar-refractivity contribution in [3.05, 3.63) is 58.6 Å². The van der Waals surface area contributed by atoms with Crippen molar-refractivity contribution in [2.45, 2.75) is 12.5 Å². The van der Waals surface area contributed by atoms with Gasteiger partial charge < -0.3 is 5.32 Å². The lowest BCUT2D eigenvalue weighted by Gasteiger charge is -2.39. The van der Waals surface area contributed by atoms with Gasteiger partial charge in [-0.3, -0.25) is 15.1 Å². The van der Waals surface area contributed by atoms with Crippen molar-refractivity contribution in [1.29, 1.82) is 5.41 Å². The van der Waals surface area contributed by atoms with Gasteiger partial charge in [0.15, 0.2) is 0 Å². The molecule has 3 aromatic heterocycles. The minimum absolute atomic E-state index is 0.238. The number of hydrogen-bond donors (Lipinski definition) is 2. The fourth-order valence-electron chi connectivity index (χ4n) is 4.10. The number of rotatable bonds is 3. The van der Waals surface area contributed by atoms with Crippen LogP contribution in [0.4, 0.5) is 4.39 Å². The molecule has 1 aromatic carbocycles. The first kappa shape index (κ1) is 22.8. The van der Waals surface area contributed by atoms with E-state index < -0.39 is 21.4 Å². The van der Waals surface area contributed by atoms with Crippen LogP contribution in [0.1, 0.15) is 11.8 Å². The van der Waals surface area contributed by atoms with Gasteiger partial charge >= 0.3 is 0 Å². The van der Waals surface area contributed by atoms with Crippen molar-refractivity contribution in [2.75, 3.05) is 12.8 Å². The summed E-state index contributed by atoms with van der Waals surface area (Å²) in [7, 11) is -0.582. The predicted molar refractivity (Wildman–Crippen MR) is 132 cm³/mol. The standard InChI is InChI=1S/C22H20ClFN6O2S2/c1-22(11-34(31,32)30(3)21(25)28-22)20-17(23)15-6-7-26-18(19(15)33-20)14-5-4-12(8-16(14)24)13-9-27-29(2)10-13/h4-10H,11H2,1-3H3,(H2,25,28)/t22-/m0/s1. The largest absolute Gasteiger partial charge is 0.344 e. The van der Waals surface area contributed by atoms with Crippen molar-refractivity contribution in [3.63, 3.8) is 0 Å². The van der Waals surface area contributed by atoms with Crippen molar-refractivity contribution < 1.29 is 12.8 Å². The molecular formula is C22H20ClFN6O2S2. The summed E-state index contributed by atoms with van der Waals surface area (Å²) >= 11 is 7.98. The molecular weight excluding hydrogens is 499 g/mol. The minimum atomic E-state index is -3.71. The Hall–Kier alpha value is -3.02. The Morgan fingerprint density at radius 2 is 2.03 bits per heavy atom. The summed E-state index contributed by atoms with van der Waals surface area (Å²) in [5.41, 5.74) is 1.09. The fourth-order valence-corrected chi connectivity index (χ4v) is 7.48. The molecule has 34 heavy (non-hydrogen) atoms. The highest BCUT2D eigenvalue weighted by atomic mass is 35.5. The van der Waals surface area contributed by atoms with Gasteiger partial charge in [-0.15, -0.1) is 11.3 Å². The van der Waals surface area contributed by atoms with Crippen LogP contribution in [0.3, 0.4) is 0 Å². The van der Waals surface area contributed by atoms with Crippen LogP contribution in [-0.2, 0) is 22.6 Å². The minimum Gasteiger partial charge on any atom is -0.344 e. The van der Waals surface area contributed by atoms with E-state index in [0.29, 0.717) is 36.8 Å². The zero-order chi connectivity index (χ0) is 24.4. The second kappa shape index (κ2) is 7.76. The summed E-state index contributed by atoms with van der Waals surface area (Å²) in [6.45, 7) is 1.69. The van der Waals surface area contributed by atoms with Gasteiger partial charge in [0, 0.05) is 43.0 Å². The summed E-state index contributed by atoms with van der Waals surface area (Å²) in [4.78, 5) is 4.98. The number of thiophene rings is 1. The van der Waals surface area contributed by atoms with Gasteiger partial charge in [-0.25, -0.2) is 17.1 Å². The maximum absolute atomic E-state index is 15.3. The third-order valence-corrected chi connectivity index (χ3v) is 9.85. The maximum atomic E-state index is 15.3. The average Bonchev–Trinajstić information content (AvgIpc) is 3.36. The molecule has 5 rings (SSSR count). The Labute approximate surface area is 204 Å². The lowest BCUT2D eigenvalue weighted by molar-refractivity contribution is 0.424. The topological polar surface area (TPSA) is 104 Å². The lowest BCUT2D eigenvalue weighted by atomic mass is 10.0. The first-order chi connectivity index (χ1) is 16.0. The number of fused-ring (bicyclic) bond motifs is 1. The van der Waals surface area contributed by atoms with Crippen molar-refractivity contribution in [1.82, 2.24) is 24.4 Å². The van der Waals surface area contributed by atoms with Gasteiger partial charge in [-0.2, -0.15) is 5.10 Å². The van der Waals surface area contributed by atoms with E-state index in [2.05, 4.69) is 15.4 Å². The number of sulfonamides is 1. The molecule has 0 amide bonds. The molecule has 1 atom stereocenters. The molecule has 8 nitrogen and oxygen atoms in total. The number of hydrogen-bond acceptors (Lipinski definition) is 6. The van der Waals surface area contributed by atoms with Gasteiger partial charge in [0.2, 0.25) is 16.0 Å². The molecule has 1 fully saturated rings. The highest BCUT2D eigenvalue weighted by molar-refractivity contribution is 7.89. The quantitative estimate of drug-likeness (QED) is 0.423. The van der Waals surface area contributed by atoms with Gasteiger partial charge in [0.1, 0.15) is 5.82 Å². The second-order valence-corrected chi connectivity index (χ2v) is 11.8. The molecule has 1 aliphatic heterocycles. The maximum Gasteiger partial charge on any atom is 0.239 e. The van der Waals surface area contributed by atoms with Crippen molar-refractivity contribution >= 4 is 49.0 Å². The molecule has 2 N–H and O–H groups in total. The zero-order valence-corrected chi connectivity index (χ0v) is 20.8. The molecule has 12 heteroatoms. The molecule has 0 unspecified atom stereocenters. The zero-order valence-electron chi connectivity index (χ0n) is 18.4. The van der Waals surface area contributed by atoms with Crippen molar-refractivity contribution in [3.8, 4) is 22.4 Å². The Bertz CT molecular complexity index is 1580. The first-order valence-electron chi connectivity index (χ1n) is 10.2. The van der Waals surface area contributed by atoms with Crippen LogP contribution in [0.15, 0.2) is 42.9 Å². The number of benzene rings is 1. The van der Waals surface area contributed by atoms with Crippen LogP contribution >= 0.6 is 22.9 Å². The van der Waals surface area contributed by atoms with E-state index >= 15 is 4.39 Å². The Morgan fingerprint density at radius 3 is 2.68 bits per heavy atom. The van der Waals surface area contributed by atoms with E-state index in [9.17, 15) is 8.42 Å². The summed E-state index contributed by atoms with van der Waals surface area (Å²) in [6, 6.07) is 6.64. The third-order valence-electron chi connectivity index (χ3n) is 5.91. The van der Waals surface area contributed by atoms with E-state index in [1.807, 2.05) is 0 Å². The predicted octanol–water partition coefficient (Wildman–Crippen LogP) is 4.17. The molecule has 4 aromatic rings. The Balaban J connectivity index is 1.63. The highest BCUT2D eigenvalue weighted by Crippen LogP contribution is 2.46. The van der Waals surface area contributed by atoms with Gasteiger partial charge in [0.05, 0.1) is 37.8 Å². The monoisotopic (exact) mass is 518 g/mol. The number of nitrogens with zero attached hydrogens (tertiary/aromatic N) is 4. The summed E-state index contributed by atoms with van der Waals surface area (Å²) < 4.78 is 43.7. The summed E-state index contributed by atoms with van der Waals surface area (Å²) in [5, 5.41) is 16.2. The molecule has 0 saturated carbocycles. The normalized spacial score (nSPS) is 20.0. The summed E-state index contributed by atoms with van der Waals surface area (Å²) in [5.74, 6) is -0.958. The number of pyridine rings is 1. The van der Waals surface area contributed by atoms with E-state index in [1.54, 1.807) is 55.4 Å². The SMILES string of the molecule is CN1C(=N)N[C@](C)(c2sc3c(-c4ccc(-c5cnn(C)c5)cc4F)nccc3c2Cl)CS1(=O)=O. The van der Waals surface area contributed by atoms with Crippen LogP contribution < -0.4 is 5.32 Å². The van der Waals surface area contributed by atoms with E-state index in [4.69, 9.17) is 17.0 Å². The fraction of sp³-hybridized carbons (Fsp3) is 0.227. The molecule has 4 heterocycles. The lowest BCUT2D eigenvalue weighted by Crippen LogP contribution is -2.60. The summed E-state index contributed by atoms with van der Waals surface area (Å²) in [6.07, 6.45) is 5.02. The Morgan fingerprint density at radius 1 is 1.26 bits per heavy atom. The average molecular weight is 519 g/mol. The first-order valence-corrected chi connectivity index (χ1v) is 13.0. The number of aryl methyl sites for hydroxylation is 1. The van der Waals surface area contributed by atoms with Crippen LogP contribution in [0, 0.1) is 11.2 Å². The van der Waals surface area contributed by atoms with Crippen LogP contribution in [-0.4, -0.2) is 46.2 Å². The van der Waals surface area contributed by atoms with Crippen LogP contribution in [0.25, 0.3) is 32.5 Å². The van der Waals surface area contributed by atoms with E-state index in [-0.39, 0.29) is 11.7 Å². The number of nitrogens with one attached hydrogen (secondary N) is 2. The highest BCUT2D eigenvalue weighted by Gasteiger charge is 2.44. The third kappa shape index (κ3) is 3.55. The Kier molecular flexibility index (Phi) is 5.19.